The Kier molecular flexibility index (Phi) is 7.03. The molecule has 1 aliphatic rings. The highest BCUT2D eigenvalue weighted by atomic mass is 32.2. The number of nitrogens with one attached hydrogen (secondary N) is 1. The zero-order chi connectivity index (χ0) is 12.7. The van der Waals surface area contributed by atoms with Crippen LogP contribution in [0.4, 0.5) is 0 Å². The fraction of sp³-hybridized carbons (Fsp3) is 1.00. The molecule has 0 bridgehead atoms. The van der Waals surface area contributed by atoms with E-state index in [-0.39, 0.29) is 0 Å². The van der Waals surface area contributed by atoms with Crippen molar-refractivity contribution < 1.29 is 30.7 Å². The molecule has 0 unspecified atom stereocenters. The maximum atomic E-state index is 9.86. The van der Waals surface area contributed by atoms with E-state index in [4.69, 9.17) is 13.8 Å². The molecule has 3 N–H and O–H groups in total. The molecule has 1 saturated heterocycles. The highest BCUT2D eigenvalue weighted by Gasteiger charge is 2.11. The first-order valence-corrected chi connectivity index (χ1v) is 7.61. The van der Waals surface area contributed by atoms with E-state index in [1.165, 1.54) is 0 Å². The molecule has 0 amide bonds. The van der Waals surface area contributed by atoms with Gasteiger partial charge in [-0.1, -0.05) is 0 Å². The topological polar surface area (TPSA) is 130 Å². The molecule has 0 aliphatic carbocycles. The Morgan fingerprint density at radius 3 is 1.44 bits per heavy atom. The van der Waals surface area contributed by atoms with Gasteiger partial charge in [-0.15, -0.1) is 0 Å². The van der Waals surface area contributed by atoms with E-state index >= 15 is 0 Å². The van der Waals surface area contributed by atoms with Gasteiger partial charge in [0.25, 0.3) is 20.2 Å². The summed E-state index contributed by atoms with van der Waals surface area (Å²) in [4.78, 5) is 0. The number of ether oxygens (including phenoxy) is 1. The first-order valence-electron chi connectivity index (χ1n) is 4.39. The number of rotatable bonds is 3. The third-order valence-electron chi connectivity index (χ3n) is 1.45. The monoisotopic (exact) mass is 277 g/mol. The van der Waals surface area contributed by atoms with Crippen LogP contribution in [0.15, 0.2) is 0 Å². The summed E-state index contributed by atoms with van der Waals surface area (Å²) < 4.78 is 60.4. The highest BCUT2D eigenvalue weighted by molar-refractivity contribution is 7.89. The van der Waals surface area contributed by atoms with Crippen molar-refractivity contribution in [1.82, 2.24) is 5.32 Å². The quantitative estimate of drug-likeness (QED) is 0.524. The van der Waals surface area contributed by atoms with Crippen LogP contribution in [-0.4, -0.2) is 63.8 Å². The highest BCUT2D eigenvalue weighted by Crippen LogP contribution is 1.86. The van der Waals surface area contributed by atoms with Crippen molar-refractivity contribution in [1.29, 1.82) is 0 Å². The summed E-state index contributed by atoms with van der Waals surface area (Å²) >= 11 is 0. The third kappa shape index (κ3) is 13.7. The molecule has 98 valence electrons. The lowest BCUT2D eigenvalue weighted by Crippen LogP contribution is -2.30. The molecule has 10 heteroatoms. The molecule has 8 nitrogen and oxygen atoms in total. The van der Waals surface area contributed by atoms with Crippen molar-refractivity contribution in [2.45, 2.75) is 0 Å². The summed E-state index contributed by atoms with van der Waals surface area (Å²) in [6, 6.07) is 0. The fourth-order valence-electron chi connectivity index (χ4n) is 0.726. The lowest BCUT2D eigenvalue weighted by Gasteiger charge is -2.10. The minimum Gasteiger partial charge on any atom is -0.379 e. The molecule has 1 heterocycles. The van der Waals surface area contributed by atoms with Gasteiger partial charge in [-0.05, 0) is 0 Å². The van der Waals surface area contributed by atoms with Crippen LogP contribution in [-0.2, 0) is 25.0 Å². The summed E-state index contributed by atoms with van der Waals surface area (Å²) in [6.45, 7) is 3.83. The van der Waals surface area contributed by atoms with Crippen molar-refractivity contribution in [2.24, 2.45) is 0 Å². The van der Waals surface area contributed by atoms with Crippen LogP contribution in [0.1, 0.15) is 0 Å². The van der Waals surface area contributed by atoms with Gasteiger partial charge in [0.2, 0.25) is 0 Å². The number of hydrogen-bond donors (Lipinski definition) is 3. The van der Waals surface area contributed by atoms with Gasteiger partial charge in [0, 0.05) is 13.1 Å². The van der Waals surface area contributed by atoms with Crippen LogP contribution < -0.4 is 5.32 Å². The first-order chi connectivity index (χ1) is 7.21. The van der Waals surface area contributed by atoms with Gasteiger partial charge >= 0.3 is 0 Å². The predicted octanol–water partition coefficient (Wildman–Crippen LogP) is -1.63. The maximum absolute atomic E-state index is 9.86. The molecular weight excluding hydrogens is 262 g/mol. The second-order valence-electron chi connectivity index (χ2n) is 2.93. The Bertz CT molecular complexity index is 326. The Hall–Kier alpha value is -0.260. The van der Waals surface area contributed by atoms with Gasteiger partial charge in [-0.3, -0.25) is 9.11 Å². The van der Waals surface area contributed by atoms with Crippen LogP contribution in [0.5, 0.6) is 0 Å². The van der Waals surface area contributed by atoms with Gasteiger partial charge in [0.1, 0.15) is 0 Å². The van der Waals surface area contributed by atoms with E-state index in [0.29, 0.717) is 0 Å². The first kappa shape index (κ1) is 15.7. The molecule has 0 atom stereocenters. The van der Waals surface area contributed by atoms with E-state index in [9.17, 15) is 16.8 Å². The molecular formula is C6H15NO7S2. The molecule has 0 aromatic heterocycles. The maximum Gasteiger partial charge on any atom is 0.265 e. The summed E-state index contributed by atoms with van der Waals surface area (Å²) in [5, 5.41) is 3.16. The van der Waals surface area contributed by atoms with E-state index in [1.807, 2.05) is 0 Å². The SMILES string of the molecule is C1COCCN1.O=S(=O)(O)CCS(=O)(=O)O. The molecule has 0 radical (unpaired) electrons. The average molecular weight is 277 g/mol. The minimum absolute atomic E-state index is 0.889. The Morgan fingerprint density at radius 2 is 1.31 bits per heavy atom. The molecule has 1 fully saturated rings. The zero-order valence-corrected chi connectivity index (χ0v) is 10.1. The van der Waals surface area contributed by atoms with Gasteiger partial charge < -0.3 is 10.1 Å². The van der Waals surface area contributed by atoms with Gasteiger partial charge in [-0.2, -0.15) is 16.8 Å². The summed E-state index contributed by atoms with van der Waals surface area (Å²) in [7, 11) is -8.59. The van der Waals surface area contributed by atoms with Crippen LogP contribution in [0, 0.1) is 0 Å². The van der Waals surface area contributed by atoms with Crippen LogP contribution in [0.25, 0.3) is 0 Å². The molecule has 0 aromatic rings. The zero-order valence-electron chi connectivity index (χ0n) is 8.49. The normalized spacial score (nSPS) is 17.4. The van der Waals surface area contributed by atoms with E-state index in [0.717, 1.165) is 26.3 Å². The van der Waals surface area contributed by atoms with Crippen molar-refractivity contribution in [3.63, 3.8) is 0 Å². The summed E-state index contributed by atoms with van der Waals surface area (Å²) in [5.41, 5.74) is 0. The summed E-state index contributed by atoms with van der Waals surface area (Å²) in [6.07, 6.45) is 0. The van der Waals surface area contributed by atoms with Crippen LogP contribution in [0.3, 0.4) is 0 Å². The number of hydrogen-bond acceptors (Lipinski definition) is 6. The van der Waals surface area contributed by atoms with Gasteiger partial charge in [0.05, 0.1) is 24.7 Å². The van der Waals surface area contributed by atoms with Crippen LogP contribution >= 0.6 is 0 Å². The number of morpholine rings is 1. The second-order valence-corrected chi connectivity index (χ2v) is 6.08. The third-order valence-corrected chi connectivity index (χ3v) is 3.14. The Labute approximate surface area is 94.5 Å². The molecule has 0 aromatic carbocycles. The molecule has 0 spiro atoms. The smallest absolute Gasteiger partial charge is 0.265 e. The van der Waals surface area contributed by atoms with Crippen molar-refractivity contribution in [3.8, 4) is 0 Å². The van der Waals surface area contributed by atoms with E-state index in [2.05, 4.69) is 5.32 Å². The molecule has 1 rings (SSSR count). The minimum atomic E-state index is -4.30. The van der Waals surface area contributed by atoms with Crippen molar-refractivity contribution in [2.75, 3.05) is 37.8 Å². The van der Waals surface area contributed by atoms with Gasteiger partial charge in [0.15, 0.2) is 0 Å². The average Bonchev–Trinajstić information content (AvgIpc) is 2.17. The molecule has 0 saturated carbocycles. The summed E-state index contributed by atoms with van der Waals surface area (Å²) in [5.74, 6) is -1.96. The van der Waals surface area contributed by atoms with E-state index < -0.39 is 31.7 Å². The largest absolute Gasteiger partial charge is 0.379 e. The second kappa shape index (κ2) is 7.14. The molecule has 1 aliphatic heterocycles. The van der Waals surface area contributed by atoms with Gasteiger partial charge in [-0.25, -0.2) is 0 Å². The standard InChI is InChI=1S/C4H9NO.C2H6O6S2/c1-3-6-4-2-5-1;3-9(4,5)1-2-10(6,7)8/h5H,1-4H2;1-2H2,(H,3,4,5)(H,6,7,8). The predicted molar refractivity (Wildman–Crippen MR) is 56.5 cm³/mol. The van der Waals surface area contributed by atoms with Crippen molar-refractivity contribution >= 4 is 20.2 Å². The van der Waals surface area contributed by atoms with E-state index in [1.54, 1.807) is 0 Å². The lowest BCUT2D eigenvalue weighted by molar-refractivity contribution is 0.109. The molecule has 16 heavy (non-hydrogen) atoms. The Morgan fingerprint density at radius 1 is 0.938 bits per heavy atom. The van der Waals surface area contributed by atoms with Crippen LogP contribution in [0.2, 0.25) is 0 Å². The van der Waals surface area contributed by atoms with Crippen molar-refractivity contribution in [3.05, 3.63) is 0 Å². The Balaban J connectivity index is 0.000000315. The fourth-order valence-corrected chi connectivity index (χ4v) is 2.41. The lowest BCUT2D eigenvalue weighted by atomic mass is 10.5.